The highest BCUT2D eigenvalue weighted by Gasteiger charge is 1.96. The van der Waals surface area contributed by atoms with Crippen LogP contribution in [0.15, 0.2) is 30.9 Å². The van der Waals surface area contributed by atoms with Gasteiger partial charge in [-0.3, -0.25) is 4.57 Å². The molecule has 5 heteroatoms. The van der Waals surface area contributed by atoms with Crippen LogP contribution >= 0.6 is 0 Å². The average molecular weight is 164 g/mol. The second-order valence-corrected chi connectivity index (χ2v) is 2.04. The molecule has 0 aromatic carbocycles. The first-order chi connectivity index (χ1) is 7.09. The maximum absolute atomic E-state index is 7.52. The molecule has 0 amide bonds. The van der Waals surface area contributed by atoms with Crippen molar-refractivity contribution in [1.82, 2.24) is 19.5 Å². The number of hydrogen-bond donors (Lipinski definition) is 1. The lowest BCUT2D eigenvalue weighted by molar-refractivity contribution is 0.978. The predicted octanol–water partition coefficient (Wildman–Crippen LogP) is 0.244. The quantitative estimate of drug-likeness (QED) is 0.655. The molecule has 0 unspecified atom stereocenters. The van der Waals surface area contributed by atoms with Crippen LogP contribution in [-0.4, -0.2) is 19.5 Å². The van der Waals surface area contributed by atoms with Gasteiger partial charge in [-0.1, -0.05) is 0 Å². The molecule has 5 nitrogen and oxygen atoms in total. The smallest absolute Gasteiger partial charge is 0.221 e. The zero-order valence-electron chi connectivity index (χ0n) is 9.02. The van der Waals surface area contributed by atoms with Crippen molar-refractivity contribution >= 4 is 5.95 Å². The Labute approximate surface area is 73.1 Å². The number of anilines is 1. The average Bonchev–Trinajstić information content (AvgIpc) is 2.41. The Kier molecular flexibility index (Phi) is 0.914. The van der Waals surface area contributed by atoms with E-state index in [0.717, 1.165) is 4.57 Å². The van der Waals surface area contributed by atoms with Crippen LogP contribution < -0.4 is 5.73 Å². The largest absolute Gasteiger partial charge is 0.368 e. The first-order valence-electron chi connectivity index (χ1n) is 4.71. The van der Waals surface area contributed by atoms with Crippen molar-refractivity contribution in [2.24, 2.45) is 0 Å². The van der Waals surface area contributed by atoms with E-state index in [1.54, 1.807) is 0 Å². The molecule has 60 valence electrons. The van der Waals surface area contributed by atoms with Crippen LogP contribution in [0.1, 0.15) is 4.11 Å². The molecule has 2 heterocycles. The van der Waals surface area contributed by atoms with Gasteiger partial charge in [0.1, 0.15) is 13.5 Å². The van der Waals surface area contributed by atoms with Gasteiger partial charge in [-0.15, -0.1) is 0 Å². The van der Waals surface area contributed by atoms with E-state index in [2.05, 4.69) is 15.0 Å². The van der Waals surface area contributed by atoms with Crippen molar-refractivity contribution in [3.05, 3.63) is 30.9 Å². The number of rotatable bonds is 1. The molecule has 0 radical (unpaired) electrons. The van der Waals surface area contributed by atoms with Gasteiger partial charge in [0.05, 0.1) is 2.74 Å². The Balaban J connectivity index is 2.63. The molecule has 2 N–H and O–H groups in total. The van der Waals surface area contributed by atoms with Crippen molar-refractivity contribution in [2.45, 2.75) is 0 Å². The third kappa shape index (κ3) is 1.12. The van der Waals surface area contributed by atoms with Crippen LogP contribution in [0.5, 0.6) is 0 Å². The number of nitrogens with two attached hydrogens (primary N) is 1. The molecule has 2 rings (SSSR count). The normalized spacial score (nSPS) is 13.5. The van der Waals surface area contributed by atoms with E-state index in [1.165, 1.54) is 12.3 Å². The fourth-order valence-corrected chi connectivity index (χ4v) is 0.772. The summed E-state index contributed by atoms with van der Waals surface area (Å²) in [5.74, 6) is 0.315. The maximum Gasteiger partial charge on any atom is 0.221 e. The van der Waals surface area contributed by atoms with Gasteiger partial charge in [-0.25, -0.2) is 9.97 Å². The molecule has 0 saturated heterocycles. The van der Waals surface area contributed by atoms with Crippen LogP contribution in [-0.2, 0) is 0 Å². The number of aromatic nitrogens is 4. The van der Waals surface area contributed by atoms with Gasteiger partial charge < -0.3 is 5.73 Å². The summed E-state index contributed by atoms with van der Waals surface area (Å²) in [6.45, 7) is 0. The number of hydrogen-bond acceptors (Lipinski definition) is 4. The van der Waals surface area contributed by atoms with Crippen LogP contribution in [0, 0.1) is 0 Å². The first kappa shape index (κ1) is 4.20. The molecule has 0 bridgehead atoms. The van der Waals surface area contributed by atoms with E-state index in [9.17, 15) is 0 Å². The van der Waals surface area contributed by atoms with E-state index in [-0.39, 0.29) is 30.4 Å². The lowest BCUT2D eigenvalue weighted by Crippen LogP contribution is -1.99. The highest BCUT2D eigenvalue weighted by Crippen LogP contribution is 2.02. The summed E-state index contributed by atoms with van der Waals surface area (Å²) >= 11 is 0. The van der Waals surface area contributed by atoms with Gasteiger partial charge in [0.25, 0.3) is 0 Å². The van der Waals surface area contributed by atoms with Crippen molar-refractivity contribution in [3.8, 4) is 5.82 Å². The number of nitrogen functional groups attached to an aromatic ring is 1. The minimum absolute atomic E-state index is 0.0477. The van der Waals surface area contributed by atoms with Gasteiger partial charge in [0.15, 0.2) is 0 Å². The van der Waals surface area contributed by atoms with E-state index < -0.39 is 0 Å². The van der Waals surface area contributed by atoms with Crippen LogP contribution in [0.4, 0.5) is 5.95 Å². The predicted molar refractivity (Wildman–Crippen MR) is 43.6 cm³/mol. The Morgan fingerprint density at radius 1 is 1.58 bits per heavy atom. The second-order valence-electron chi connectivity index (χ2n) is 2.04. The number of imidazole rings is 1. The third-order valence-electron chi connectivity index (χ3n) is 1.26. The highest BCUT2D eigenvalue weighted by molar-refractivity contribution is 5.27. The minimum atomic E-state index is -0.266. The molecule has 0 aliphatic rings. The van der Waals surface area contributed by atoms with Crippen molar-refractivity contribution in [1.29, 1.82) is 0 Å². The van der Waals surface area contributed by atoms with E-state index >= 15 is 0 Å². The van der Waals surface area contributed by atoms with E-state index in [4.69, 9.17) is 9.85 Å². The van der Waals surface area contributed by atoms with Crippen molar-refractivity contribution in [3.63, 3.8) is 0 Å². The summed E-state index contributed by atoms with van der Waals surface area (Å²) < 4.78 is 23.3. The Morgan fingerprint density at radius 3 is 3.17 bits per heavy atom. The topological polar surface area (TPSA) is 69.6 Å². The molecular formula is C7H7N5. The lowest BCUT2D eigenvalue weighted by atomic mass is 10.6. The maximum atomic E-state index is 7.52. The highest BCUT2D eigenvalue weighted by atomic mass is 15.1. The fraction of sp³-hybridized carbons (Fsp3) is 0. The zero-order valence-corrected chi connectivity index (χ0v) is 6.02. The van der Waals surface area contributed by atoms with Gasteiger partial charge in [-0.2, -0.15) is 4.98 Å². The minimum Gasteiger partial charge on any atom is -0.368 e. The molecule has 2 aromatic rings. The van der Waals surface area contributed by atoms with Crippen molar-refractivity contribution < 1.29 is 4.11 Å². The lowest BCUT2D eigenvalue weighted by Gasteiger charge is -1.99. The third-order valence-corrected chi connectivity index (χ3v) is 1.26. The van der Waals surface area contributed by atoms with Gasteiger partial charge in [0, 0.05) is 18.5 Å². The molecule has 0 spiro atoms. The second kappa shape index (κ2) is 2.61. The molecule has 0 atom stereocenters. The van der Waals surface area contributed by atoms with Crippen LogP contribution in [0.2, 0.25) is 0 Å². The van der Waals surface area contributed by atoms with E-state index in [1.807, 2.05) is 0 Å². The number of nitrogens with zero attached hydrogens (tertiary/aromatic N) is 4. The SMILES string of the molecule is [2H]c1nc([2H])n(-c2ccnc(N)n2)c1[2H]. The Bertz CT molecular complexity index is 509. The van der Waals surface area contributed by atoms with Gasteiger partial charge in [0.2, 0.25) is 5.95 Å². The van der Waals surface area contributed by atoms with Crippen LogP contribution in [0.25, 0.3) is 5.82 Å². The summed E-state index contributed by atoms with van der Waals surface area (Å²) in [4.78, 5) is 11.1. The van der Waals surface area contributed by atoms with Crippen LogP contribution in [0.3, 0.4) is 0 Å². The summed E-state index contributed by atoms with van der Waals surface area (Å²) in [5, 5.41) is 0. The molecule has 0 aliphatic heterocycles. The standard InChI is InChI=1S/C7H7N5/c8-7-10-2-1-6(11-7)12-4-3-9-5-12/h1-5H,(H2,8,10,11)/i3D,4D,5D. The molecule has 0 saturated carbocycles. The van der Waals surface area contributed by atoms with E-state index in [0.29, 0.717) is 0 Å². The monoisotopic (exact) mass is 164 g/mol. The fourth-order valence-electron chi connectivity index (χ4n) is 0.772. The van der Waals surface area contributed by atoms with Gasteiger partial charge in [-0.05, 0) is 6.07 Å². The van der Waals surface area contributed by atoms with Crippen molar-refractivity contribution in [2.75, 3.05) is 5.73 Å². The first-order valence-corrected chi connectivity index (χ1v) is 3.21. The summed E-state index contributed by atoms with van der Waals surface area (Å²) in [5.41, 5.74) is 5.38. The summed E-state index contributed by atoms with van der Waals surface area (Å²) in [7, 11) is 0. The Hall–Kier alpha value is -1.91. The molecule has 2 aromatic heterocycles. The van der Waals surface area contributed by atoms with Gasteiger partial charge >= 0.3 is 0 Å². The Morgan fingerprint density at radius 2 is 2.50 bits per heavy atom. The molecule has 12 heavy (non-hydrogen) atoms. The zero-order chi connectivity index (χ0) is 11.0. The summed E-state index contributed by atoms with van der Waals surface area (Å²) in [6, 6.07) is 1.49. The molecule has 0 fully saturated rings. The molecule has 0 aliphatic carbocycles. The molecular weight excluding hydrogens is 154 g/mol. The summed E-state index contributed by atoms with van der Waals surface area (Å²) in [6.07, 6.45) is 0.735.